The minimum atomic E-state index is -0.480. The minimum Gasteiger partial charge on any atom is -0.497 e. The van der Waals surface area contributed by atoms with E-state index >= 15 is 0 Å². The maximum absolute atomic E-state index is 13.2. The Kier molecular flexibility index (Phi) is 3.74. The largest absolute Gasteiger partial charge is 0.497 e. The zero-order chi connectivity index (χ0) is 17.9. The lowest BCUT2D eigenvalue weighted by Crippen LogP contribution is -2.55. The first kappa shape index (κ1) is 16.8. The smallest absolute Gasteiger partial charge is 0.169 e. The predicted octanol–water partition coefficient (Wildman–Crippen LogP) is 3.86. The highest BCUT2D eigenvalue weighted by Crippen LogP contribution is 2.61. The zero-order valence-electron chi connectivity index (χ0n) is 15.8. The fourth-order valence-corrected chi connectivity index (χ4v) is 6.38. The van der Waals surface area contributed by atoms with E-state index in [9.17, 15) is 4.79 Å². The molecule has 4 atom stereocenters. The molecule has 0 amide bonds. The molecule has 1 spiro atoms. The summed E-state index contributed by atoms with van der Waals surface area (Å²) in [5.74, 6) is 1.87. The van der Waals surface area contributed by atoms with Crippen LogP contribution in [0.1, 0.15) is 56.1 Å². The Labute approximate surface area is 155 Å². The molecule has 5 rings (SSSR count). The van der Waals surface area contributed by atoms with E-state index < -0.39 is 5.79 Å². The molecule has 1 heterocycles. The van der Waals surface area contributed by atoms with Gasteiger partial charge in [-0.05, 0) is 59.8 Å². The summed E-state index contributed by atoms with van der Waals surface area (Å²) < 4.78 is 17.3. The number of ether oxygens (including phenoxy) is 3. The molecule has 4 nitrogen and oxygen atoms in total. The van der Waals surface area contributed by atoms with Crippen LogP contribution in [0.15, 0.2) is 18.2 Å². The number of hydrogen-bond donors (Lipinski definition) is 0. The monoisotopic (exact) mass is 356 g/mol. The normalized spacial score (nSPS) is 37.8. The number of aryl methyl sites for hydroxylation is 1. The summed E-state index contributed by atoms with van der Waals surface area (Å²) in [5, 5.41) is 0. The molecule has 1 aromatic carbocycles. The molecule has 3 fully saturated rings. The van der Waals surface area contributed by atoms with Crippen molar-refractivity contribution in [2.45, 2.75) is 57.2 Å². The fraction of sp³-hybridized carbons (Fsp3) is 0.682. The maximum Gasteiger partial charge on any atom is 0.169 e. The van der Waals surface area contributed by atoms with E-state index in [0.29, 0.717) is 37.3 Å². The molecule has 26 heavy (non-hydrogen) atoms. The van der Waals surface area contributed by atoms with Crippen LogP contribution in [0.5, 0.6) is 5.75 Å². The van der Waals surface area contributed by atoms with Gasteiger partial charge in [-0.15, -0.1) is 0 Å². The molecule has 3 aliphatic carbocycles. The molecular weight excluding hydrogens is 328 g/mol. The maximum atomic E-state index is 13.2. The fourth-order valence-electron chi connectivity index (χ4n) is 6.38. The Morgan fingerprint density at radius 2 is 2.00 bits per heavy atom. The molecule has 1 aromatic rings. The second-order valence-corrected chi connectivity index (χ2v) is 8.86. The molecular formula is C22H28O4. The zero-order valence-corrected chi connectivity index (χ0v) is 15.8. The molecule has 4 heteroatoms. The number of carbonyl (C=O) groups excluding carboxylic acids is 1. The summed E-state index contributed by atoms with van der Waals surface area (Å²) in [5.41, 5.74) is 2.82. The van der Waals surface area contributed by atoms with Crippen LogP contribution in [0.4, 0.5) is 0 Å². The van der Waals surface area contributed by atoms with Gasteiger partial charge in [0.1, 0.15) is 11.5 Å². The Hall–Kier alpha value is -1.39. The third-order valence-electron chi connectivity index (χ3n) is 7.79. The van der Waals surface area contributed by atoms with Gasteiger partial charge in [-0.2, -0.15) is 0 Å². The number of ketones is 1. The van der Waals surface area contributed by atoms with E-state index in [0.717, 1.165) is 31.4 Å². The summed E-state index contributed by atoms with van der Waals surface area (Å²) in [7, 11) is 1.72. The number of benzene rings is 1. The van der Waals surface area contributed by atoms with Gasteiger partial charge in [0.2, 0.25) is 0 Å². The number of fused-ring (bicyclic) bond motifs is 5. The van der Waals surface area contributed by atoms with Crippen LogP contribution in [0.2, 0.25) is 0 Å². The van der Waals surface area contributed by atoms with Gasteiger partial charge < -0.3 is 14.2 Å². The molecule has 0 aromatic heterocycles. The lowest BCUT2D eigenvalue weighted by atomic mass is 9.48. The van der Waals surface area contributed by atoms with E-state index in [-0.39, 0.29) is 11.3 Å². The van der Waals surface area contributed by atoms with Gasteiger partial charge in [0, 0.05) is 25.2 Å². The van der Waals surface area contributed by atoms with E-state index in [2.05, 4.69) is 25.1 Å². The average Bonchev–Trinajstić information content (AvgIpc) is 3.11. The van der Waals surface area contributed by atoms with E-state index in [4.69, 9.17) is 14.2 Å². The highest BCUT2D eigenvalue weighted by atomic mass is 16.7. The second-order valence-electron chi connectivity index (χ2n) is 8.86. The van der Waals surface area contributed by atoms with Crippen LogP contribution in [-0.4, -0.2) is 31.9 Å². The lowest BCUT2D eigenvalue weighted by molar-refractivity contribution is -0.217. The van der Waals surface area contributed by atoms with Crippen molar-refractivity contribution in [2.24, 2.45) is 17.3 Å². The molecule has 0 N–H and O–H groups in total. The van der Waals surface area contributed by atoms with Crippen LogP contribution < -0.4 is 4.74 Å². The van der Waals surface area contributed by atoms with Crippen LogP contribution in [0, 0.1) is 17.3 Å². The van der Waals surface area contributed by atoms with Crippen molar-refractivity contribution in [3.05, 3.63) is 29.3 Å². The molecule has 0 unspecified atom stereocenters. The van der Waals surface area contributed by atoms with Crippen LogP contribution in [-0.2, 0) is 20.7 Å². The van der Waals surface area contributed by atoms with Crippen molar-refractivity contribution in [2.75, 3.05) is 20.3 Å². The van der Waals surface area contributed by atoms with Gasteiger partial charge in [-0.3, -0.25) is 4.79 Å². The molecule has 0 bridgehead atoms. The highest BCUT2D eigenvalue weighted by molar-refractivity contribution is 5.84. The SMILES string of the molecule is COc1ccc2c(c1)CC[C@H]1[C@H]2CC(=O)[C@H]2CC3(CC[C@@]21C)OCCO3. The van der Waals surface area contributed by atoms with Crippen LogP contribution >= 0.6 is 0 Å². The third-order valence-corrected chi connectivity index (χ3v) is 7.79. The van der Waals surface area contributed by atoms with Crippen molar-refractivity contribution < 1.29 is 19.0 Å². The van der Waals surface area contributed by atoms with Crippen LogP contribution in [0.3, 0.4) is 0 Å². The molecule has 1 aliphatic heterocycles. The van der Waals surface area contributed by atoms with Crippen molar-refractivity contribution in [3.63, 3.8) is 0 Å². The topological polar surface area (TPSA) is 44.8 Å². The summed E-state index contributed by atoms with van der Waals surface area (Å²) in [4.78, 5) is 13.2. The summed E-state index contributed by atoms with van der Waals surface area (Å²) in [6.45, 7) is 3.69. The number of hydrogen-bond acceptors (Lipinski definition) is 4. The van der Waals surface area contributed by atoms with E-state index in [1.807, 2.05) is 0 Å². The van der Waals surface area contributed by atoms with Gasteiger partial charge in [-0.25, -0.2) is 0 Å². The third kappa shape index (κ3) is 2.31. The Morgan fingerprint density at radius 3 is 2.77 bits per heavy atom. The molecule has 2 saturated carbocycles. The summed E-state index contributed by atoms with van der Waals surface area (Å²) >= 11 is 0. The lowest BCUT2D eigenvalue weighted by Gasteiger charge is -2.57. The van der Waals surface area contributed by atoms with Gasteiger partial charge in [0.15, 0.2) is 5.79 Å². The number of Topliss-reactive ketones (excluding diaryl/α,β-unsaturated/α-hetero) is 1. The number of methoxy groups -OCH3 is 1. The predicted molar refractivity (Wildman–Crippen MR) is 97.3 cm³/mol. The van der Waals surface area contributed by atoms with Crippen molar-refractivity contribution in [3.8, 4) is 5.75 Å². The Bertz CT molecular complexity index is 736. The van der Waals surface area contributed by atoms with Gasteiger partial charge in [0.25, 0.3) is 0 Å². The first-order valence-electron chi connectivity index (χ1n) is 10.0. The standard InChI is InChI=1S/C22H28O4/c1-21-7-8-22(25-9-10-26-22)13-19(21)20(23)12-17-16-5-4-15(24-2)11-14(16)3-6-18(17)21/h4-5,11,17-19H,3,6-10,12-13H2,1-2H3/t17-,18-,19+,21+/m0/s1. The second kappa shape index (κ2) is 5.80. The van der Waals surface area contributed by atoms with Crippen LogP contribution in [0.25, 0.3) is 0 Å². The Morgan fingerprint density at radius 1 is 1.19 bits per heavy atom. The highest BCUT2D eigenvalue weighted by Gasteiger charge is 2.59. The molecule has 1 saturated heterocycles. The Balaban J connectivity index is 1.49. The average molecular weight is 356 g/mol. The van der Waals surface area contributed by atoms with Gasteiger partial charge in [-0.1, -0.05) is 13.0 Å². The quantitative estimate of drug-likeness (QED) is 0.766. The molecule has 0 radical (unpaired) electrons. The first-order valence-corrected chi connectivity index (χ1v) is 10.0. The van der Waals surface area contributed by atoms with E-state index in [1.54, 1.807) is 7.11 Å². The summed E-state index contributed by atoms with van der Waals surface area (Å²) in [6, 6.07) is 6.42. The number of carbonyl (C=O) groups is 1. The first-order chi connectivity index (χ1) is 12.5. The summed E-state index contributed by atoms with van der Waals surface area (Å²) in [6.07, 6.45) is 5.62. The van der Waals surface area contributed by atoms with Crippen molar-refractivity contribution >= 4 is 5.78 Å². The van der Waals surface area contributed by atoms with Gasteiger partial charge >= 0.3 is 0 Å². The number of rotatable bonds is 1. The van der Waals surface area contributed by atoms with Crippen molar-refractivity contribution in [1.82, 2.24) is 0 Å². The van der Waals surface area contributed by atoms with Gasteiger partial charge in [0.05, 0.1) is 20.3 Å². The molecule has 4 aliphatic rings. The minimum absolute atomic E-state index is 0.0676. The van der Waals surface area contributed by atoms with E-state index in [1.165, 1.54) is 17.5 Å². The molecule has 140 valence electrons. The van der Waals surface area contributed by atoms with Crippen molar-refractivity contribution in [1.29, 1.82) is 0 Å².